The van der Waals surface area contributed by atoms with Crippen molar-refractivity contribution in [3.8, 4) is 11.3 Å². The standard InChI is InChI=1S/C21H25N5/c1-16-12-19-22-18(17-6-4-3-5-7-17)13-20(26(19)23-16)25-11-9-21(15-25)8-10-24(2)14-21/h3-7,12-13H,8-11,14-15H2,1-2H3/t21-/m1/s1. The van der Waals surface area contributed by atoms with Crippen LogP contribution in [0.5, 0.6) is 0 Å². The molecule has 0 unspecified atom stereocenters. The zero-order chi connectivity index (χ0) is 17.7. The molecule has 2 aliphatic heterocycles. The summed E-state index contributed by atoms with van der Waals surface area (Å²) in [6, 6.07) is 14.7. The first-order chi connectivity index (χ1) is 12.6. The summed E-state index contributed by atoms with van der Waals surface area (Å²) in [7, 11) is 2.24. The topological polar surface area (TPSA) is 36.7 Å². The van der Waals surface area contributed by atoms with E-state index < -0.39 is 0 Å². The third kappa shape index (κ3) is 2.58. The van der Waals surface area contributed by atoms with E-state index in [4.69, 9.17) is 10.1 Å². The van der Waals surface area contributed by atoms with Gasteiger partial charge in [0.2, 0.25) is 0 Å². The van der Waals surface area contributed by atoms with Crippen molar-refractivity contribution in [2.75, 3.05) is 38.1 Å². The Kier molecular flexibility index (Phi) is 3.54. The van der Waals surface area contributed by atoms with E-state index in [1.807, 2.05) is 17.5 Å². The third-order valence-corrected chi connectivity index (χ3v) is 5.99. The predicted molar refractivity (Wildman–Crippen MR) is 105 cm³/mol. The zero-order valence-electron chi connectivity index (χ0n) is 15.5. The summed E-state index contributed by atoms with van der Waals surface area (Å²) in [5.74, 6) is 1.17. The van der Waals surface area contributed by atoms with E-state index in [0.717, 1.165) is 35.7 Å². The number of aryl methyl sites for hydroxylation is 1. The van der Waals surface area contributed by atoms with Crippen LogP contribution in [-0.2, 0) is 0 Å². The molecule has 26 heavy (non-hydrogen) atoms. The molecule has 3 aromatic rings. The predicted octanol–water partition coefficient (Wildman–Crippen LogP) is 3.24. The van der Waals surface area contributed by atoms with Crippen LogP contribution >= 0.6 is 0 Å². The molecule has 134 valence electrons. The van der Waals surface area contributed by atoms with Crippen LogP contribution in [0.1, 0.15) is 18.5 Å². The number of fused-ring (bicyclic) bond motifs is 1. The number of hydrogen-bond acceptors (Lipinski definition) is 4. The molecule has 5 heteroatoms. The second-order valence-electron chi connectivity index (χ2n) is 8.08. The van der Waals surface area contributed by atoms with Gasteiger partial charge in [-0.1, -0.05) is 30.3 Å². The molecule has 4 heterocycles. The summed E-state index contributed by atoms with van der Waals surface area (Å²) < 4.78 is 2.03. The molecule has 1 spiro atoms. The molecule has 2 aromatic heterocycles. The highest BCUT2D eigenvalue weighted by molar-refractivity contribution is 5.67. The lowest BCUT2D eigenvalue weighted by Gasteiger charge is -2.25. The van der Waals surface area contributed by atoms with Gasteiger partial charge in [0.05, 0.1) is 11.4 Å². The lowest BCUT2D eigenvalue weighted by atomic mass is 9.86. The highest BCUT2D eigenvalue weighted by atomic mass is 15.4. The molecular formula is C21H25N5. The summed E-state index contributed by atoms with van der Waals surface area (Å²) in [4.78, 5) is 9.86. The average Bonchev–Trinajstić information content (AvgIpc) is 3.33. The lowest BCUT2D eigenvalue weighted by molar-refractivity contribution is 0.312. The summed E-state index contributed by atoms with van der Waals surface area (Å²) in [5.41, 5.74) is 4.57. The monoisotopic (exact) mass is 347 g/mol. The van der Waals surface area contributed by atoms with Crippen LogP contribution in [0.25, 0.3) is 16.9 Å². The number of nitrogens with zero attached hydrogens (tertiary/aromatic N) is 5. The van der Waals surface area contributed by atoms with E-state index in [9.17, 15) is 0 Å². The first kappa shape index (κ1) is 15.8. The van der Waals surface area contributed by atoms with Gasteiger partial charge in [-0.15, -0.1) is 0 Å². The second kappa shape index (κ2) is 5.81. The molecule has 0 radical (unpaired) electrons. The SMILES string of the molecule is Cc1cc2nc(-c3ccccc3)cc(N3CC[C@@]4(CCN(C)C4)C3)n2n1. The van der Waals surface area contributed by atoms with Crippen molar-refractivity contribution in [2.45, 2.75) is 19.8 Å². The molecular weight excluding hydrogens is 322 g/mol. The van der Waals surface area contributed by atoms with Crippen molar-refractivity contribution < 1.29 is 0 Å². The number of rotatable bonds is 2. The van der Waals surface area contributed by atoms with Gasteiger partial charge in [-0.2, -0.15) is 9.61 Å². The molecule has 0 bridgehead atoms. The largest absolute Gasteiger partial charge is 0.356 e. The Morgan fingerprint density at radius 3 is 2.58 bits per heavy atom. The summed E-state index contributed by atoms with van der Waals surface area (Å²) >= 11 is 0. The Balaban J connectivity index is 1.58. The minimum atomic E-state index is 0.444. The summed E-state index contributed by atoms with van der Waals surface area (Å²) in [6.45, 7) is 6.68. The maximum Gasteiger partial charge on any atom is 0.158 e. The van der Waals surface area contributed by atoms with Crippen LogP contribution in [0.2, 0.25) is 0 Å². The van der Waals surface area contributed by atoms with Crippen molar-refractivity contribution >= 4 is 11.5 Å². The molecule has 1 atom stereocenters. The minimum absolute atomic E-state index is 0.444. The molecule has 2 saturated heterocycles. The second-order valence-corrected chi connectivity index (χ2v) is 8.08. The molecule has 1 aromatic carbocycles. The minimum Gasteiger partial charge on any atom is -0.356 e. The molecule has 0 aliphatic carbocycles. The summed E-state index contributed by atoms with van der Waals surface area (Å²) in [5, 5.41) is 4.72. The molecule has 5 rings (SSSR count). The van der Waals surface area contributed by atoms with Gasteiger partial charge in [0.25, 0.3) is 0 Å². The van der Waals surface area contributed by atoms with Gasteiger partial charge >= 0.3 is 0 Å². The fraction of sp³-hybridized carbons (Fsp3) is 0.429. The van der Waals surface area contributed by atoms with Crippen molar-refractivity contribution in [2.24, 2.45) is 5.41 Å². The number of aromatic nitrogens is 3. The van der Waals surface area contributed by atoms with Crippen LogP contribution < -0.4 is 4.90 Å². The van der Waals surface area contributed by atoms with E-state index in [-0.39, 0.29) is 0 Å². The Labute approximate surface area is 154 Å². The van der Waals surface area contributed by atoms with E-state index in [2.05, 4.69) is 53.2 Å². The van der Waals surface area contributed by atoms with Gasteiger partial charge in [0.1, 0.15) is 5.82 Å². The fourth-order valence-electron chi connectivity index (χ4n) is 4.68. The number of anilines is 1. The fourth-order valence-corrected chi connectivity index (χ4v) is 4.68. The highest BCUT2D eigenvalue weighted by Crippen LogP contribution is 2.41. The maximum atomic E-state index is 4.86. The molecule has 5 nitrogen and oxygen atoms in total. The van der Waals surface area contributed by atoms with Crippen LogP contribution in [0.3, 0.4) is 0 Å². The Bertz CT molecular complexity index is 948. The van der Waals surface area contributed by atoms with Crippen molar-refractivity contribution in [1.29, 1.82) is 0 Å². The first-order valence-electron chi connectivity index (χ1n) is 9.48. The first-order valence-corrected chi connectivity index (χ1v) is 9.48. The van der Waals surface area contributed by atoms with Gasteiger partial charge in [-0.3, -0.25) is 0 Å². The van der Waals surface area contributed by atoms with Gasteiger partial charge in [-0.25, -0.2) is 4.98 Å². The van der Waals surface area contributed by atoms with Crippen LogP contribution in [0.15, 0.2) is 42.5 Å². The maximum absolute atomic E-state index is 4.86. The Morgan fingerprint density at radius 2 is 1.81 bits per heavy atom. The quantitative estimate of drug-likeness (QED) is 0.713. The van der Waals surface area contributed by atoms with Gasteiger partial charge in [0.15, 0.2) is 5.65 Å². The lowest BCUT2D eigenvalue weighted by Crippen LogP contribution is -2.30. The van der Waals surface area contributed by atoms with Gasteiger partial charge < -0.3 is 9.80 Å². The van der Waals surface area contributed by atoms with E-state index in [1.165, 1.54) is 31.7 Å². The van der Waals surface area contributed by atoms with Crippen molar-refractivity contribution in [3.05, 3.63) is 48.2 Å². The van der Waals surface area contributed by atoms with Gasteiger partial charge in [0, 0.05) is 42.7 Å². The van der Waals surface area contributed by atoms with Crippen molar-refractivity contribution in [3.63, 3.8) is 0 Å². The molecule has 0 amide bonds. The summed E-state index contributed by atoms with van der Waals surface area (Å²) in [6.07, 6.45) is 2.57. The molecule has 0 N–H and O–H groups in total. The zero-order valence-corrected chi connectivity index (χ0v) is 15.5. The Morgan fingerprint density at radius 1 is 1.00 bits per heavy atom. The third-order valence-electron chi connectivity index (χ3n) is 5.99. The van der Waals surface area contributed by atoms with Crippen LogP contribution in [-0.4, -0.2) is 52.7 Å². The van der Waals surface area contributed by atoms with E-state index >= 15 is 0 Å². The van der Waals surface area contributed by atoms with Gasteiger partial charge in [-0.05, 0) is 33.4 Å². The van der Waals surface area contributed by atoms with Crippen LogP contribution in [0, 0.1) is 12.3 Å². The normalized spacial score (nSPS) is 23.5. The molecule has 0 saturated carbocycles. The smallest absolute Gasteiger partial charge is 0.158 e. The number of benzene rings is 1. The number of hydrogen-bond donors (Lipinski definition) is 0. The highest BCUT2D eigenvalue weighted by Gasteiger charge is 2.43. The molecule has 2 fully saturated rings. The van der Waals surface area contributed by atoms with Crippen molar-refractivity contribution in [1.82, 2.24) is 19.5 Å². The molecule has 2 aliphatic rings. The average molecular weight is 347 g/mol. The number of likely N-dealkylation sites (tertiary alicyclic amines) is 1. The Hall–Kier alpha value is -2.40. The van der Waals surface area contributed by atoms with Crippen LogP contribution in [0.4, 0.5) is 5.82 Å². The van der Waals surface area contributed by atoms with E-state index in [0.29, 0.717) is 5.41 Å². The van der Waals surface area contributed by atoms with E-state index in [1.54, 1.807) is 0 Å².